The second-order valence-electron chi connectivity index (χ2n) is 8.94. The van der Waals surface area contributed by atoms with Gasteiger partial charge in [0.05, 0.1) is 11.2 Å². The van der Waals surface area contributed by atoms with Crippen LogP contribution in [0, 0.1) is 5.82 Å². The molecule has 2 aromatic rings. The number of hydrogen-bond donors (Lipinski definition) is 2. The predicted octanol–water partition coefficient (Wildman–Crippen LogP) is 4.74. The van der Waals surface area contributed by atoms with Gasteiger partial charge in [0.1, 0.15) is 5.82 Å². The highest BCUT2D eigenvalue weighted by atomic mass is 19.4. The summed E-state index contributed by atoms with van der Waals surface area (Å²) >= 11 is 0. The van der Waals surface area contributed by atoms with Crippen molar-refractivity contribution in [2.75, 3.05) is 25.4 Å². The molecule has 0 atom stereocenters. The summed E-state index contributed by atoms with van der Waals surface area (Å²) in [7, 11) is 0. The average Bonchev–Trinajstić information content (AvgIpc) is 2.73. The van der Waals surface area contributed by atoms with Crippen LogP contribution < -0.4 is 5.73 Å². The summed E-state index contributed by atoms with van der Waals surface area (Å²) in [5, 5.41) is 10.9. The first-order valence-electron chi connectivity index (χ1n) is 11.0. The van der Waals surface area contributed by atoms with Gasteiger partial charge in [-0.05, 0) is 75.0 Å². The topological polar surface area (TPSA) is 68.0 Å². The number of halogens is 4. The Morgan fingerprint density at radius 1 is 1.12 bits per heavy atom. The van der Waals surface area contributed by atoms with E-state index in [1.54, 1.807) is 19.1 Å². The highest BCUT2D eigenvalue weighted by Gasteiger charge is 2.45. The van der Waals surface area contributed by atoms with Crippen LogP contribution in [0.3, 0.4) is 0 Å². The zero-order valence-electron chi connectivity index (χ0n) is 18.4. The van der Waals surface area contributed by atoms with Crippen LogP contribution in [0.2, 0.25) is 0 Å². The van der Waals surface area contributed by atoms with Gasteiger partial charge in [-0.15, -0.1) is 0 Å². The van der Waals surface area contributed by atoms with E-state index in [0.717, 1.165) is 25.1 Å². The minimum absolute atomic E-state index is 0.275. The normalized spacial score (nSPS) is 25.6. The van der Waals surface area contributed by atoms with E-state index in [4.69, 9.17) is 15.2 Å². The maximum Gasteiger partial charge on any atom is 0.416 e. The number of likely N-dealkylation sites (tertiary alicyclic amines) is 1. The van der Waals surface area contributed by atoms with Crippen molar-refractivity contribution < 1.29 is 32.1 Å². The van der Waals surface area contributed by atoms with Crippen molar-refractivity contribution in [3.05, 3.63) is 65.0 Å². The monoisotopic (exact) mass is 468 g/mol. The number of benzene rings is 2. The number of aliphatic hydroxyl groups is 1. The highest BCUT2D eigenvalue weighted by Crippen LogP contribution is 2.43. The minimum Gasteiger partial charge on any atom is -0.398 e. The van der Waals surface area contributed by atoms with Gasteiger partial charge in [-0.3, -0.25) is 0 Å². The molecule has 9 heteroatoms. The van der Waals surface area contributed by atoms with Gasteiger partial charge in [-0.1, -0.05) is 12.1 Å². The van der Waals surface area contributed by atoms with Gasteiger partial charge in [0.15, 0.2) is 12.1 Å². The Morgan fingerprint density at radius 2 is 1.82 bits per heavy atom. The molecule has 0 aliphatic carbocycles. The molecule has 2 aliphatic rings. The Balaban J connectivity index is 1.22. The maximum atomic E-state index is 13.3. The smallest absolute Gasteiger partial charge is 0.398 e. The molecule has 0 radical (unpaired) electrons. The highest BCUT2D eigenvalue weighted by molar-refractivity contribution is 5.49. The molecule has 0 spiro atoms. The van der Waals surface area contributed by atoms with Crippen molar-refractivity contribution in [2.45, 2.75) is 56.5 Å². The third kappa shape index (κ3) is 5.16. The summed E-state index contributed by atoms with van der Waals surface area (Å²) in [5.74, 6) is -1.41. The molecule has 0 saturated carbocycles. The Bertz CT molecular complexity index is 984. The predicted molar refractivity (Wildman–Crippen MR) is 114 cm³/mol. The lowest BCUT2D eigenvalue weighted by atomic mass is 9.83. The minimum atomic E-state index is -4.43. The number of piperidine rings is 1. The fourth-order valence-corrected chi connectivity index (χ4v) is 4.60. The molecule has 0 amide bonds. The van der Waals surface area contributed by atoms with E-state index in [2.05, 4.69) is 4.90 Å². The van der Waals surface area contributed by atoms with E-state index >= 15 is 0 Å². The van der Waals surface area contributed by atoms with Gasteiger partial charge in [0, 0.05) is 24.3 Å². The van der Waals surface area contributed by atoms with Crippen LogP contribution >= 0.6 is 0 Å². The molecule has 2 fully saturated rings. The van der Waals surface area contributed by atoms with Gasteiger partial charge < -0.3 is 25.2 Å². The van der Waals surface area contributed by atoms with Crippen LogP contribution in [0.5, 0.6) is 0 Å². The second-order valence-corrected chi connectivity index (χ2v) is 8.94. The fourth-order valence-electron chi connectivity index (χ4n) is 4.60. The molecule has 2 aliphatic heterocycles. The van der Waals surface area contributed by atoms with Crippen molar-refractivity contribution in [3.8, 4) is 0 Å². The van der Waals surface area contributed by atoms with E-state index in [1.165, 1.54) is 18.2 Å². The molecule has 2 saturated heterocycles. The van der Waals surface area contributed by atoms with Gasteiger partial charge >= 0.3 is 6.18 Å². The van der Waals surface area contributed by atoms with Crippen LogP contribution in [0.4, 0.5) is 23.2 Å². The van der Waals surface area contributed by atoms with Crippen molar-refractivity contribution in [1.82, 2.24) is 4.90 Å². The van der Waals surface area contributed by atoms with E-state index in [0.29, 0.717) is 43.5 Å². The lowest BCUT2D eigenvalue weighted by Crippen LogP contribution is -2.49. The number of alkyl halides is 3. The summed E-state index contributed by atoms with van der Waals surface area (Å²) in [6.45, 7) is 3.68. The van der Waals surface area contributed by atoms with Gasteiger partial charge in [0.2, 0.25) is 0 Å². The number of nitrogen functional groups attached to an aromatic ring is 1. The fraction of sp³-hybridized carbons (Fsp3) is 0.500. The first-order chi connectivity index (χ1) is 15.5. The van der Waals surface area contributed by atoms with Crippen molar-refractivity contribution in [3.63, 3.8) is 0 Å². The summed E-state index contributed by atoms with van der Waals surface area (Å²) in [6, 6.07) is 9.06. The quantitative estimate of drug-likeness (QED) is 0.474. The Kier molecular flexibility index (Phi) is 6.43. The number of ether oxygens (including phenoxy) is 2. The number of anilines is 1. The lowest BCUT2D eigenvalue weighted by Gasteiger charge is -2.46. The second kappa shape index (κ2) is 8.87. The van der Waals surface area contributed by atoms with Crippen LogP contribution in [0.15, 0.2) is 42.5 Å². The Hall–Kier alpha value is -2.20. The maximum absolute atomic E-state index is 13.3. The molecule has 180 valence electrons. The average molecular weight is 468 g/mol. The van der Waals surface area contributed by atoms with Crippen LogP contribution in [-0.4, -0.2) is 35.9 Å². The number of nitrogens with two attached hydrogens (primary N) is 1. The molecule has 0 unspecified atom stereocenters. The number of hydrogen-bond acceptors (Lipinski definition) is 5. The van der Waals surface area contributed by atoms with Crippen molar-refractivity contribution >= 4 is 5.69 Å². The van der Waals surface area contributed by atoms with Gasteiger partial charge in [-0.2, -0.15) is 13.2 Å². The third-order valence-corrected chi connectivity index (χ3v) is 6.54. The number of rotatable bonds is 6. The van der Waals surface area contributed by atoms with E-state index in [-0.39, 0.29) is 12.0 Å². The SMILES string of the molecule is CC1(c2ccc(F)cc2N)OC(CCCN2CCC(O)(c3cccc(C(F)(F)F)c3)CC2)O1. The zero-order chi connectivity index (χ0) is 23.9. The van der Waals surface area contributed by atoms with E-state index in [1.807, 2.05) is 0 Å². The molecule has 2 aromatic carbocycles. The van der Waals surface area contributed by atoms with Crippen molar-refractivity contribution in [2.24, 2.45) is 0 Å². The molecular formula is C24H28F4N2O3. The lowest BCUT2D eigenvalue weighted by molar-refractivity contribution is -0.455. The molecule has 0 aromatic heterocycles. The number of nitrogens with zero attached hydrogens (tertiary/aromatic N) is 1. The largest absolute Gasteiger partial charge is 0.416 e. The molecule has 33 heavy (non-hydrogen) atoms. The Labute approximate surface area is 190 Å². The molecular weight excluding hydrogens is 440 g/mol. The van der Waals surface area contributed by atoms with Gasteiger partial charge in [-0.25, -0.2) is 4.39 Å². The standard InChI is InChI=1S/C24H28F4N2O3/c1-22(19-8-7-18(25)15-20(19)29)32-21(33-22)6-3-11-30-12-9-23(31,10-13-30)16-4-2-5-17(14-16)24(26,27)28/h2,4-5,7-8,14-15,21,31H,3,6,9-13,29H2,1H3. The molecule has 3 N–H and O–H groups in total. The molecule has 0 bridgehead atoms. The summed E-state index contributed by atoms with van der Waals surface area (Å²) in [4.78, 5) is 2.18. The summed E-state index contributed by atoms with van der Waals surface area (Å²) in [5.41, 5.74) is 5.05. The summed E-state index contributed by atoms with van der Waals surface area (Å²) in [6.07, 6.45) is -2.63. The van der Waals surface area contributed by atoms with Gasteiger partial charge in [0.25, 0.3) is 0 Å². The van der Waals surface area contributed by atoms with Crippen LogP contribution in [0.1, 0.15) is 49.3 Å². The molecule has 5 nitrogen and oxygen atoms in total. The zero-order valence-corrected chi connectivity index (χ0v) is 18.4. The first-order valence-corrected chi connectivity index (χ1v) is 11.0. The summed E-state index contributed by atoms with van der Waals surface area (Å²) < 4.78 is 64.0. The van der Waals surface area contributed by atoms with Crippen LogP contribution in [-0.2, 0) is 27.0 Å². The molecule has 2 heterocycles. The molecule has 4 rings (SSSR count). The Morgan fingerprint density at radius 3 is 2.45 bits per heavy atom. The van der Waals surface area contributed by atoms with Crippen molar-refractivity contribution in [1.29, 1.82) is 0 Å². The van der Waals surface area contributed by atoms with E-state index < -0.39 is 28.9 Å². The van der Waals surface area contributed by atoms with E-state index in [9.17, 15) is 22.7 Å². The first kappa shape index (κ1) is 23.9. The van der Waals surface area contributed by atoms with Crippen LogP contribution in [0.25, 0.3) is 0 Å². The third-order valence-electron chi connectivity index (χ3n) is 6.54.